The number of carbonyl (C=O) groups excluding carboxylic acids is 1. The summed E-state index contributed by atoms with van der Waals surface area (Å²) in [5.41, 5.74) is 2.36. The highest BCUT2D eigenvalue weighted by Gasteiger charge is 2.30. The van der Waals surface area contributed by atoms with E-state index in [1.165, 1.54) is 9.87 Å². The summed E-state index contributed by atoms with van der Waals surface area (Å²) in [7, 11) is -3.81. The van der Waals surface area contributed by atoms with E-state index in [2.05, 4.69) is 40.2 Å². The van der Waals surface area contributed by atoms with Crippen molar-refractivity contribution < 1.29 is 13.2 Å². The molecule has 0 saturated carbocycles. The van der Waals surface area contributed by atoms with Gasteiger partial charge < -0.3 is 4.90 Å². The molecular weight excluding hydrogens is 524 g/mol. The molecule has 4 rings (SSSR count). The second kappa shape index (κ2) is 12.0. The first-order chi connectivity index (χ1) is 16.9. The Balaban J connectivity index is 1.42. The normalized spacial score (nSPS) is 14.9. The Kier molecular flexibility index (Phi) is 8.76. The number of amides is 1. The third-order valence-electron chi connectivity index (χ3n) is 6.59. The van der Waals surface area contributed by atoms with Crippen LogP contribution in [0.3, 0.4) is 0 Å². The monoisotopic (exact) mass is 554 g/mol. The number of benzene rings is 3. The third-order valence-corrected chi connectivity index (χ3v) is 8.98. The number of carbonyl (C=O) groups is 1. The van der Waals surface area contributed by atoms with Gasteiger partial charge >= 0.3 is 0 Å². The number of hydrogen-bond donors (Lipinski definition) is 0. The van der Waals surface area contributed by atoms with Gasteiger partial charge in [0.05, 0.1) is 11.4 Å². The number of nitrogens with zero attached hydrogens (tertiary/aromatic N) is 2. The first-order valence-corrected chi connectivity index (χ1v) is 14.3. The minimum Gasteiger partial charge on any atom is -0.342 e. The van der Waals surface area contributed by atoms with E-state index in [0.29, 0.717) is 25.4 Å². The van der Waals surface area contributed by atoms with Crippen LogP contribution in [-0.4, -0.2) is 49.7 Å². The van der Waals surface area contributed by atoms with Gasteiger partial charge in [0.15, 0.2) is 0 Å². The summed E-state index contributed by atoms with van der Waals surface area (Å²) in [5.74, 6) is 0.416. The molecule has 3 aromatic carbocycles. The van der Waals surface area contributed by atoms with Crippen molar-refractivity contribution >= 4 is 31.9 Å². The topological polar surface area (TPSA) is 57.7 Å². The van der Waals surface area contributed by atoms with Crippen LogP contribution < -0.4 is 0 Å². The fourth-order valence-corrected chi connectivity index (χ4v) is 6.18. The van der Waals surface area contributed by atoms with Gasteiger partial charge in [-0.1, -0.05) is 76.6 Å². The van der Waals surface area contributed by atoms with E-state index in [0.717, 1.165) is 29.3 Å². The molecule has 0 aliphatic carbocycles. The van der Waals surface area contributed by atoms with E-state index in [1.54, 1.807) is 24.3 Å². The van der Waals surface area contributed by atoms with Crippen molar-refractivity contribution in [3.63, 3.8) is 0 Å². The van der Waals surface area contributed by atoms with Crippen LogP contribution in [0, 0.1) is 5.92 Å². The maximum absolute atomic E-state index is 13.5. The molecule has 0 radical (unpaired) electrons. The summed E-state index contributed by atoms with van der Waals surface area (Å²) in [6.07, 6.45) is 3.43. The molecule has 1 heterocycles. The largest absolute Gasteiger partial charge is 0.342 e. The lowest BCUT2D eigenvalue weighted by Gasteiger charge is -2.33. The van der Waals surface area contributed by atoms with Crippen molar-refractivity contribution in [3.05, 3.63) is 101 Å². The van der Waals surface area contributed by atoms with Crippen LogP contribution >= 0.6 is 15.9 Å². The predicted octanol–water partition coefficient (Wildman–Crippen LogP) is 5.16. The molecule has 0 N–H and O–H groups in total. The molecule has 1 aliphatic rings. The Morgan fingerprint density at radius 1 is 0.857 bits per heavy atom. The molecule has 1 amide bonds. The minimum absolute atomic E-state index is 0.128. The average molecular weight is 556 g/mol. The van der Waals surface area contributed by atoms with Gasteiger partial charge in [0, 0.05) is 24.1 Å². The second-order valence-corrected chi connectivity index (χ2v) is 11.9. The van der Waals surface area contributed by atoms with Crippen molar-refractivity contribution in [2.75, 3.05) is 26.2 Å². The molecule has 0 unspecified atom stereocenters. The van der Waals surface area contributed by atoms with E-state index < -0.39 is 10.0 Å². The summed E-state index contributed by atoms with van der Waals surface area (Å²) in [4.78, 5) is 15.3. The van der Waals surface area contributed by atoms with Crippen LogP contribution in [-0.2, 0) is 27.7 Å². The Bertz CT molecular complexity index is 1190. The molecule has 184 valence electrons. The Morgan fingerprint density at radius 3 is 2.03 bits per heavy atom. The summed E-state index contributed by atoms with van der Waals surface area (Å²) in [6.45, 7) is 1.44. The van der Waals surface area contributed by atoms with Crippen molar-refractivity contribution in [2.24, 2.45) is 5.92 Å². The van der Waals surface area contributed by atoms with Crippen LogP contribution in [0.15, 0.2) is 94.3 Å². The Morgan fingerprint density at radius 2 is 1.43 bits per heavy atom. The van der Waals surface area contributed by atoms with E-state index >= 15 is 0 Å². The van der Waals surface area contributed by atoms with Crippen molar-refractivity contribution in [3.8, 4) is 0 Å². The molecule has 0 aromatic heterocycles. The highest BCUT2D eigenvalue weighted by Crippen LogP contribution is 2.23. The van der Waals surface area contributed by atoms with E-state index in [1.807, 2.05) is 41.3 Å². The van der Waals surface area contributed by atoms with Gasteiger partial charge in [-0.25, -0.2) is 8.42 Å². The minimum atomic E-state index is -3.81. The second-order valence-electron chi connectivity index (χ2n) is 9.04. The van der Waals surface area contributed by atoms with Crippen LogP contribution in [0.25, 0.3) is 0 Å². The Hall–Kier alpha value is -2.48. The number of halogens is 1. The van der Waals surface area contributed by atoms with Crippen molar-refractivity contribution in [1.29, 1.82) is 0 Å². The molecule has 3 aromatic rings. The fourth-order valence-electron chi connectivity index (χ4n) is 4.52. The lowest BCUT2D eigenvalue weighted by molar-refractivity contribution is -0.132. The molecule has 7 heteroatoms. The summed E-state index contributed by atoms with van der Waals surface area (Å²) in [5, 5.41) is 0. The van der Waals surface area contributed by atoms with Crippen LogP contribution in [0.2, 0.25) is 0 Å². The SMILES string of the molecule is O=C(CN(CCc1ccccc1)S(=O)(=O)c1ccc(Br)cc1)N1CCC(Cc2ccccc2)CC1. The molecule has 5 nitrogen and oxygen atoms in total. The predicted molar refractivity (Wildman–Crippen MR) is 142 cm³/mol. The molecule has 0 atom stereocenters. The van der Waals surface area contributed by atoms with E-state index in [-0.39, 0.29) is 23.9 Å². The summed E-state index contributed by atoms with van der Waals surface area (Å²) in [6, 6.07) is 26.8. The lowest BCUT2D eigenvalue weighted by atomic mass is 9.90. The van der Waals surface area contributed by atoms with Crippen molar-refractivity contribution in [2.45, 2.75) is 30.6 Å². The smallest absolute Gasteiger partial charge is 0.243 e. The number of likely N-dealkylation sites (tertiary alicyclic amines) is 1. The highest BCUT2D eigenvalue weighted by atomic mass is 79.9. The molecule has 0 bridgehead atoms. The first kappa shape index (κ1) is 25.6. The van der Waals surface area contributed by atoms with Crippen LogP contribution in [0.4, 0.5) is 0 Å². The molecular formula is C28H31BrN2O3S. The molecule has 1 fully saturated rings. The molecule has 1 saturated heterocycles. The zero-order chi connectivity index (χ0) is 24.7. The average Bonchev–Trinajstić information content (AvgIpc) is 2.88. The summed E-state index contributed by atoms with van der Waals surface area (Å²) < 4.78 is 29.1. The Labute approximate surface area is 216 Å². The number of hydrogen-bond acceptors (Lipinski definition) is 3. The van der Waals surface area contributed by atoms with E-state index in [4.69, 9.17) is 0 Å². The maximum Gasteiger partial charge on any atom is 0.243 e. The first-order valence-electron chi connectivity index (χ1n) is 12.0. The van der Waals surface area contributed by atoms with E-state index in [9.17, 15) is 13.2 Å². The number of sulfonamides is 1. The molecule has 0 spiro atoms. The number of rotatable bonds is 9. The quantitative estimate of drug-likeness (QED) is 0.367. The standard InChI is InChI=1S/C28H31BrN2O3S/c29-26-11-13-27(14-12-26)35(33,34)31(20-17-23-7-3-1-4-8-23)22-28(32)30-18-15-25(16-19-30)21-24-9-5-2-6-10-24/h1-14,25H,15-22H2. The third kappa shape index (κ3) is 7.03. The molecule has 1 aliphatic heterocycles. The van der Waals surface area contributed by atoms with Gasteiger partial charge in [0.2, 0.25) is 15.9 Å². The fraction of sp³-hybridized carbons (Fsp3) is 0.321. The maximum atomic E-state index is 13.5. The molecule has 35 heavy (non-hydrogen) atoms. The van der Waals surface area contributed by atoms with Crippen LogP contribution in [0.5, 0.6) is 0 Å². The zero-order valence-corrected chi connectivity index (χ0v) is 22.1. The van der Waals surface area contributed by atoms with Crippen LogP contribution in [0.1, 0.15) is 24.0 Å². The van der Waals surface area contributed by atoms with Gasteiger partial charge in [-0.2, -0.15) is 4.31 Å². The zero-order valence-electron chi connectivity index (χ0n) is 19.7. The summed E-state index contributed by atoms with van der Waals surface area (Å²) >= 11 is 3.36. The van der Waals surface area contributed by atoms with Gasteiger partial charge in [0.1, 0.15) is 0 Å². The van der Waals surface area contributed by atoms with Crippen molar-refractivity contribution in [1.82, 2.24) is 9.21 Å². The van der Waals surface area contributed by atoms with Gasteiger partial charge in [-0.3, -0.25) is 4.79 Å². The number of piperidine rings is 1. The van der Waals surface area contributed by atoms with Gasteiger partial charge in [0.25, 0.3) is 0 Å². The van der Waals surface area contributed by atoms with Gasteiger partial charge in [-0.05, 0) is 67.0 Å². The van der Waals surface area contributed by atoms with Gasteiger partial charge in [-0.15, -0.1) is 0 Å². The lowest BCUT2D eigenvalue weighted by Crippen LogP contribution is -2.46. The highest BCUT2D eigenvalue weighted by molar-refractivity contribution is 9.10.